The number of carbonyl (C=O) groups is 2. The van der Waals surface area contributed by atoms with Gasteiger partial charge in [-0.2, -0.15) is 0 Å². The van der Waals surface area contributed by atoms with Crippen LogP contribution in [0.4, 0.5) is 0 Å². The first-order valence-corrected chi connectivity index (χ1v) is 9.29. The average molecular weight is 376 g/mol. The molecule has 5 heteroatoms. The van der Waals surface area contributed by atoms with E-state index in [0.717, 1.165) is 30.0 Å². The van der Waals surface area contributed by atoms with Gasteiger partial charge in [0.25, 0.3) is 0 Å². The molecule has 0 aliphatic carbocycles. The fourth-order valence-corrected chi connectivity index (χ4v) is 3.19. The van der Waals surface area contributed by atoms with E-state index in [2.05, 4.69) is 21.7 Å². The molecular formula is C23H24N2O3. The average Bonchev–Trinajstić information content (AvgIpc) is 2.99. The van der Waals surface area contributed by atoms with Crippen LogP contribution in [0.1, 0.15) is 43.4 Å². The van der Waals surface area contributed by atoms with Crippen molar-refractivity contribution in [3.8, 4) is 0 Å². The van der Waals surface area contributed by atoms with Crippen molar-refractivity contribution in [3.63, 3.8) is 0 Å². The Kier molecular flexibility index (Phi) is 6.04. The third kappa shape index (κ3) is 4.55. The third-order valence-electron chi connectivity index (χ3n) is 4.82. The lowest BCUT2D eigenvalue weighted by atomic mass is 10.1. The first-order chi connectivity index (χ1) is 13.5. The third-order valence-corrected chi connectivity index (χ3v) is 4.82. The van der Waals surface area contributed by atoms with Crippen LogP contribution >= 0.6 is 0 Å². The molecule has 0 aliphatic heterocycles. The Morgan fingerprint density at radius 1 is 1.04 bits per heavy atom. The van der Waals surface area contributed by atoms with Crippen LogP contribution in [0.2, 0.25) is 0 Å². The molecule has 0 N–H and O–H groups in total. The van der Waals surface area contributed by atoms with Crippen molar-refractivity contribution in [1.82, 2.24) is 9.55 Å². The number of Topliss-reactive ketones (excluding diaryl/α,β-unsaturated/α-hetero) is 1. The molecular weight excluding hydrogens is 352 g/mol. The molecule has 0 aliphatic rings. The van der Waals surface area contributed by atoms with Gasteiger partial charge in [0.05, 0.1) is 5.56 Å². The van der Waals surface area contributed by atoms with Crippen molar-refractivity contribution in [2.45, 2.75) is 33.7 Å². The van der Waals surface area contributed by atoms with Gasteiger partial charge in [-0.25, -0.2) is 4.79 Å². The van der Waals surface area contributed by atoms with Crippen molar-refractivity contribution in [1.29, 1.82) is 0 Å². The number of carbonyl (C=O) groups excluding carboxylic acids is 2. The first-order valence-electron chi connectivity index (χ1n) is 9.29. The minimum atomic E-state index is -0.543. The van der Waals surface area contributed by atoms with Crippen LogP contribution in [0.3, 0.4) is 0 Å². The summed E-state index contributed by atoms with van der Waals surface area (Å²) in [6.45, 7) is 6.27. The van der Waals surface area contributed by atoms with Gasteiger partial charge in [-0.1, -0.05) is 30.3 Å². The second-order valence-corrected chi connectivity index (χ2v) is 6.86. The topological polar surface area (TPSA) is 61.2 Å². The standard InChI is InChI=1S/C23H24N2O3/c1-16-9-10-20(14-24-16)23(27)28-15-22(26)21-13-17(2)25(18(21)3)12-11-19-7-5-4-6-8-19/h4-10,13-14H,11-12,15H2,1-3H3. The minimum absolute atomic E-state index is 0.201. The van der Waals surface area contributed by atoms with E-state index in [4.69, 9.17) is 4.74 Å². The summed E-state index contributed by atoms with van der Waals surface area (Å²) in [5, 5.41) is 0. The van der Waals surface area contributed by atoms with E-state index in [9.17, 15) is 9.59 Å². The molecule has 0 saturated carbocycles. The summed E-state index contributed by atoms with van der Waals surface area (Å²) in [4.78, 5) is 28.7. The van der Waals surface area contributed by atoms with Gasteiger partial charge >= 0.3 is 5.97 Å². The highest BCUT2D eigenvalue weighted by Gasteiger charge is 2.18. The summed E-state index contributed by atoms with van der Waals surface area (Å²) in [7, 11) is 0. The van der Waals surface area contributed by atoms with Crippen LogP contribution in [0, 0.1) is 20.8 Å². The van der Waals surface area contributed by atoms with Gasteiger partial charge in [0.2, 0.25) is 5.78 Å². The zero-order valence-corrected chi connectivity index (χ0v) is 16.4. The summed E-state index contributed by atoms with van der Waals surface area (Å²) < 4.78 is 7.31. The second-order valence-electron chi connectivity index (χ2n) is 6.86. The zero-order chi connectivity index (χ0) is 20.1. The monoisotopic (exact) mass is 376 g/mol. The second kappa shape index (κ2) is 8.65. The predicted octanol–water partition coefficient (Wildman–Crippen LogP) is 4.09. The van der Waals surface area contributed by atoms with Crippen LogP contribution in [0.5, 0.6) is 0 Å². The normalized spacial score (nSPS) is 10.7. The fraction of sp³-hybridized carbons (Fsp3) is 0.261. The first kappa shape index (κ1) is 19.5. The van der Waals surface area contributed by atoms with Crippen LogP contribution in [0.25, 0.3) is 0 Å². The van der Waals surface area contributed by atoms with Crippen molar-refractivity contribution in [3.05, 3.63) is 88.5 Å². The van der Waals surface area contributed by atoms with Crippen LogP contribution in [-0.2, 0) is 17.7 Å². The maximum Gasteiger partial charge on any atom is 0.340 e. The minimum Gasteiger partial charge on any atom is -0.454 e. The molecule has 2 aromatic heterocycles. The van der Waals surface area contributed by atoms with E-state index in [1.165, 1.54) is 11.8 Å². The molecule has 28 heavy (non-hydrogen) atoms. The fourth-order valence-electron chi connectivity index (χ4n) is 3.19. The molecule has 0 atom stereocenters. The Labute approximate surface area is 165 Å². The molecule has 0 amide bonds. The smallest absolute Gasteiger partial charge is 0.340 e. The molecule has 3 aromatic rings. The van der Waals surface area contributed by atoms with Gasteiger partial charge in [0.1, 0.15) is 0 Å². The summed E-state index contributed by atoms with van der Waals surface area (Å²) in [5.74, 6) is -0.744. The Balaban J connectivity index is 1.63. The molecule has 3 rings (SSSR count). The summed E-state index contributed by atoms with van der Waals surface area (Å²) in [5.41, 5.74) is 4.92. The largest absolute Gasteiger partial charge is 0.454 e. The highest BCUT2D eigenvalue weighted by molar-refractivity contribution is 6.00. The molecule has 144 valence electrons. The summed E-state index contributed by atoms with van der Waals surface area (Å²) >= 11 is 0. The quantitative estimate of drug-likeness (QED) is 0.460. The van der Waals surface area contributed by atoms with E-state index < -0.39 is 5.97 Å². The van der Waals surface area contributed by atoms with Crippen molar-refractivity contribution >= 4 is 11.8 Å². The molecule has 2 heterocycles. The molecule has 0 spiro atoms. The van der Waals surface area contributed by atoms with Crippen LogP contribution in [-0.4, -0.2) is 27.9 Å². The number of hydrogen-bond donors (Lipinski definition) is 0. The lowest BCUT2D eigenvalue weighted by molar-refractivity contribution is 0.0474. The highest BCUT2D eigenvalue weighted by atomic mass is 16.5. The van der Waals surface area contributed by atoms with E-state index >= 15 is 0 Å². The zero-order valence-electron chi connectivity index (χ0n) is 16.4. The number of ketones is 1. The lowest BCUT2D eigenvalue weighted by Gasteiger charge is -2.10. The molecule has 0 saturated heterocycles. The lowest BCUT2D eigenvalue weighted by Crippen LogP contribution is -2.15. The number of esters is 1. The number of hydrogen-bond acceptors (Lipinski definition) is 4. The number of ether oxygens (including phenoxy) is 1. The molecule has 0 fully saturated rings. The Morgan fingerprint density at radius 2 is 1.79 bits per heavy atom. The molecule has 5 nitrogen and oxygen atoms in total. The van der Waals surface area contributed by atoms with Gasteiger partial charge in [0, 0.05) is 35.4 Å². The maximum absolute atomic E-state index is 12.6. The Morgan fingerprint density at radius 3 is 2.46 bits per heavy atom. The van der Waals surface area contributed by atoms with E-state index in [-0.39, 0.29) is 12.4 Å². The van der Waals surface area contributed by atoms with Crippen LogP contribution in [0.15, 0.2) is 54.7 Å². The predicted molar refractivity (Wildman–Crippen MR) is 108 cm³/mol. The van der Waals surface area contributed by atoms with E-state index in [1.54, 1.807) is 12.1 Å². The summed E-state index contributed by atoms with van der Waals surface area (Å²) in [6.07, 6.45) is 2.35. The van der Waals surface area contributed by atoms with Crippen molar-refractivity contribution in [2.24, 2.45) is 0 Å². The molecule has 0 unspecified atom stereocenters. The Hall–Kier alpha value is -3.21. The molecule has 0 radical (unpaired) electrons. The van der Waals surface area contributed by atoms with Crippen LogP contribution < -0.4 is 0 Å². The Bertz CT molecular complexity index is 973. The van der Waals surface area contributed by atoms with E-state index in [1.807, 2.05) is 45.0 Å². The number of rotatable bonds is 7. The molecule has 1 aromatic carbocycles. The van der Waals surface area contributed by atoms with Crippen molar-refractivity contribution < 1.29 is 14.3 Å². The van der Waals surface area contributed by atoms with E-state index in [0.29, 0.717) is 11.1 Å². The SMILES string of the molecule is Cc1ccc(C(=O)OCC(=O)c2cc(C)n(CCc3ccccc3)c2C)cn1. The number of aryl methyl sites for hydroxylation is 3. The maximum atomic E-state index is 12.6. The van der Waals surface area contributed by atoms with Gasteiger partial charge in [-0.15, -0.1) is 0 Å². The number of benzene rings is 1. The number of nitrogens with zero attached hydrogens (tertiary/aromatic N) is 2. The highest BCUT2D eigenvalue weighted by Crippen LogP contribution is 2.17. The van der Waals surface area contributed by atoms with Gasteiger partial charge in [-0.3, -0.25) is 9.78 Å². The van der Waals surface area contributed by atoms with Gasteiger partial charge in [0.15, 0.2) is 6.61 Å². The number of pyridine rings is 1. The van der Waals surface area contributed by atoms with Gasteiger partial charge in [-0.05, 0) is 51.0 Å². The number of aromatic nitrogens is 2. The van der Waals surface area contributed by atoms with Gasteiger partial charge < -0.3 is 9.30 Å². The molecule has 0 bridgehead atoms. The van der Waals surface area contributed by atoms with Crippen molar-refractivity contribution in [2.75, 3.05) is 6.61 Å². The summed E-state index contributed by atoms with van der Waals surface area (Å²) in [6, 6.07) is 15.5.